The van der Waals surface area contributed by atoms with Gasteiger partial charge in [-0.1, -0.05) is 55.0 Å². The standard InChI is InChI=1S/C22H26ClN3OS2.ClH/c1-4-25(5-2)13-14-26(20(27)15-28-17-9-7-6-8-10-17)22-24-21-16(3)18(23)11-12-19(21)29-22;/h6-12H,4-5,13-15H2,1-3H3;1H. The second kappa shape index (κ2) is 11.9. The van der Waals surface area contributed by atoms with E-state index < -0.39 is 0 Å². The summed E-state index contributed by atoms with van der Waals surface area (Å²) in [5.74, 6) is 0.464. The molecular formula is C22H27Cl2N3OS2. The van der Waals surface area contributed by atoms with Crippen molar-refractivity contribution in [3.8, 4) is 0 Å². The molecule has 0 saturated heterocycles. The van der Waals surface area contributed by atoms with Crippen molar-refractivity contribution in [3.05, 3.63) is 53.1 Å². The first-order chi connectivity index (χ1) is 14.0. The molecule has 30 heavy (non-hydrogen) atoms. The van der Waals surface area contributed by atoms with E-state index in [4.69, 9.17) is 16.6 Å². The lowest BCUT2D eigenvalue weighted by atomic mass is 10.2. The molecule has 0 atom stereocenters. The molecular weight excluding hydrogens is 457 g/mol. The summed E-state index contributed by atoms with van der Waals surface area (Å²) < 4.78 is 1.05. The molecule has 3 rings (SSSR count). The zero-order chi connectivity index (χ0) is 20.8. The van der Waals surface area contributed by atoms with Gasteiger partial charge in [-0.2, -0.15) is 0 Å². The molecule has 1 amide bonds. The largest absolute Gasteiger partial charge is 0.302 e. The highest BCUT2D eigenvalue weighted by Gasteiger charge is 2.21. The number of halogens is 2. The SMILES string of the molecule is CCN(CC)CCN(C(=O)CSc1ccccc1)c1nc2c(C)c(Cl)ccc2s1.Cl. The summed E-state index contributed by atoms with van der Waals surface area (Å²) in [5.41, 5.74) is 1.84. The Morgan fingerprint density at radius 2 is 1.80 bits per heavy atom. The number of hydrogen-bond donors (Lipinski definition) is 0. The number of thiazole rings is 1. The number of aryl methyl sites for hydroxylation is 1. The van der Waals surface area contributed by atoms with Crippen LogP contribution in [0.15, 0.2) is 47.4 Å². The van der Waals surface area contributed by atoms with Gasteiger partial charge in [-0.15, -0.1) is 24.2 Å². The predicted molar refractivity (Wildman–Crippen MR) is 134 cm³/mol. The smallest absolute Gasteiger partial charge is 0.239 e. The van der Waals surface area contributed by atoms with E-state index in [0.717, 1.165) is 45.4 Å². The lowest BCUT2D eigenvalue weighted by molar-refractivity contribution is -0.116. The average Bonchev–Trinajstić information content (AvgIpc) is 3.18. The maximum Gasteiger partial charge on any atom is 0.239 e. The Hall–Kier alpha value is -1.31. The fourth-order valence-corrected chi connectivity index (χ4v) is 5.07. The summed E-state index contributed by atoms with van der Waals surface area (Å²) in [4.78, 5) is 23.2. The third-order valence-corrected chi connectivity index (χ3v) is 7.36. The van der Waals surface area contributed by atoms with Crippen LogP contribution in [0.4, 0.5) is 5.13 Å². The van der Waals surface area contributed by atoms with Crippen molar-refractivity contribution in [2.24, 2.45) is 0 Å². The molecule has 4 nitrogen and oxygen atoms in total. The number of fused-ring (bicyclic) bond motifs is 1. The lowest BCUT2D eigenvalue weighted by Gasteiger charge is -2.24. The van der Waals surface area contributed by atoms with Gasteiger partial charge in [0.15, 0.2) is 5.13 Å². The molecule has 3 aromatic rings. The number of carbonyl (C=O) groups is 1. The Labute approximate surface area is 198 Å². The molecule has 2 aromatic carbocycles. The van der Waals surface area contributed by atoms with Gasteiger partial charge >= 0.3 is 0 Å². The van der Waals surface area contributed by atoms with Crippen molar-refractivity contribution in [2.75, 3.05) is 36.8 Å². The molecule has 0 bridgehead atoms. The minimum atomic E-state index is 0. The predicted octanol–water partition coefficient (Wildman–Crippen LogP) is 6.15. The van der Waals surface area contributed by atoms with Gasteiger partial charge < -0.3 is 4.90 Å². The molecule has 0 unspecified atom stereocenters. The van der Waals surface area contributed by atoms with Gasteiger partial charge in [0.05, 0.1) is 16.0 Å². The highest BCUT2D eigenvalue weighted by atomic mass is 35.5. The average molecular weight is 485 g/mol. The van der Waals surface area contributed by atoms with Gasteiger partial charge in [-0.3, -0.25) is 9.69 Å². The molecule has 0 N–H and O–H groups in total. The first kappa shape index (κ1) is 25.0. The Morgan fingerprint density at radius 1 is 1.10 bits per heavy atom. The fraction of sp³-hybridized carbons (Fsp3) is 0.364. The van der Waals surface area contributed by atoms with Crippen molar-refractivity contribution < 1.29 is 4.79 Å². The first-order valence-corrected chi connectivity index (χ1v) is 12.0. The number of amides is 1. The van der Waals surface area contributed by atoms with E-state index in [1.54, 1.807) is 23.1 Å². The number of hydrogen-bond acceptors (Lipinski definition) is 5. The zero-order valence-corrected chi connectivity index (χ0v) is 20.6. The normalized spacial score (nSPS) is 11.0. The quantitative estimate of drug-likeness (QED) is 0.342. The molecule has 0 aliphatic carbocycles. The van der Waals surface area contributed by atoms with Gasteiger partial charge in [-0.05, 0) is 49.8 Å². The van der Waals surface area contributed by atoms with Crippen molar-refractivity contribution in [1.29, 1.82) is 0 Å². The van der Waals surface area contributed by atoms with Crippen LogP contribution in [0.5, 0.6) is 0 Å². The Morgan fingerprint density at radius 3 is 2.47 bits per heavy atom. The van der Waals surface area contributed by atoms with Crippen LogP contribution in [-0.2, 0) is 4.79 Å². The van der Waals surface area contributed by atoms with Gasteiger partial charge in [-0.25, -0.2) is 4.98 Å². The van der Waals surface area contributed by atoms with E-state index in [0.29, 0.717) is 17.3 Å². The number of aromatic nitrogens is 1. The van der Waals surface area contributed by atoms with Crippen LogP contribution in [0.2, 0.25) is 5.02 Å². The maximum atomic E-state index is 13.2. The summed E-state index contributed by atoms with van der Waals surface area (Å²) >= 11 is 9.38. The van der Waals surface area contributed by atoms with Crippen LogP contribution < -0.4 is 4.90 Å². The van der Waals surface area contributed by atoms with E-state index in [1.165, 1.54) is 0 Å². The summed E-state index contributed by atoms with van der Waals surface area (Å²) in [7, 11) is 0. The van der Waals surface area contributed by atoms with Crippen molar-refractivity contribution in [1.82, 2.24) is 9.88 Å². The number of benzene rings is 2. The third-order valence-electron chi connectivity index (χ3n) is 4.91. The lowest BCUT2D eigenvalue weighted by Crippen LogP contribution is -2.39. The topological polar surface area (TPSA) is 36.4 Å². The third kappa shape index (κ3) is 6.11. The van der Waals surface area contributed by atoms with Crippen molar-refractivity contribution in [3.63, 3.8) is 0 Å². The van der Waals surface area contributed by atoms with Gasteiger partial charge in [0.2, 0.25) is 5.91 Å². The van der Waals surface area contributed by atoms with E-state index >= 15 is 0 Å². The molecule has 8 heteroatoms. The molecule has 0 fully saturated rings. The molecule has 162 valence electrons. The van der Waals surface area contributed by atoms with Gasteiger partial charge in [0.1, 0.15) is 0 Å². The molecule has 1 aromatic heterocycles. The highest BCUT2D eigenvalue weighted by molar-refractivity contribution is 8.00. The molecule has 0 saturated carbocycles. The summed E-state index contributed by atoms with van der Waals surface area (Å²) in [5, 5.41) is 1.45. The molecule has 0 spiro atoms. The van der Waals surface area contributed by atoms with Crippen LogP contribution in [-0.4, -0.2) is 47.7 Å². The van der Waals surface area contributed by atoms with Crippen LogP contribution >= 0.6 is 47.1 Å². The molecule has 1 heterocycles. The van der Waals surface area contributed by atoms with Crippen molar-refractivity contribution in [2.45, 2.75) is 25.7 Å². The number of anilines is 1. The van der Waals surface area contributed by atoms with E-state index in [1.807, 2.05) is 54.3 Å². The molecule has 0 radical (unpaired) electrons. The van der Waals surface area contributed by atoms with Gasteiger partial charge in [0.25, 0.3) is 0 Å². The maximum absolute atomic E-state index is 13.2. The van der Waals surface area contributed by atoms with Crippen LogP contribution in [0.3, 0.4) is 0 Å². The number of likely N-dealkylation sites (N-methyl/N-ethyl adjacent to an activating group) is 1. The minimum absolute atomic E-state index is 0. The number of thioether (sulfide) groups is 1. The Kier molecular flexibility index (Phi) is 9.91. The molecule has 0 aliphatic heterocycles. The number of nitrogens with zero attached hydrogens (tertiary/aromatic N) is 3. The summed E-state index contributed by atoms with van der Waals surface area (Å²) in [6.45, 7) is 9.64. The number of carbonyl (C=O) groups excluding carboxylic acids is 1. The van der Waals surface area contributed by atoms with E-state index in [-0.39, 0.29) is 18.3 Å². The van der Waals surface area contributed by atoms with E-state index in [2.05, 4.69) is 18.7 Å². The van der Waals surface area contributed by atoms with Gasteiger partial charge in [0, 0.05) is 23.0 Å². The Balaban J connectivity index is 0.00000320. The summed E-state index contributed by atoms with van der Waals surface area (Å²) in [6.07, 6.45) is 0. The first-order valence-electron chi connectivity index (χ1n) is 9.79. The highest BCUT2D eigenvalue weighted by Crippen LogP contribution is 2.34. The van der Waals surface area contributed by atoms with E-state index in [9.17, 15) is 4.79 Å². The fourth-order valence-electron chi connectivity index (χ4n) is 3.05. The number of rotatable bonds is 9. The monoisotopic (exact) mass is 483 g/mol. The second-order valence-electron chi connectivity index (χ2n) is 6.69. The second-order valence-corrected chi connectivity index (χ2v) is 9.15. The van der Waals surface area contributed by atoms with Crippen molar-refractivity contribution >= 4 is 68.4 Å². The van der Waals surface area contributed by atoms with Crippen LogP contribution in [0.1, 0.15) is 19.4 Å². The molecule has 0 aliphatic rings. The minimum Gasteiger partial charge on any atom is -0.302 e. The van der Waals surface area contributed by atoms with Crippen LogP contribution in [0, 0.1) is 6.92 Å². The van der Waals surface area contributed by atoms with Crippen LogP contribution in [0.25, 0.3) is 10.2 Å². The zero-order valence-electron chi connectivity index (χ0n) is 17.4. The summed E-state index contributed by atoms with van der Waals surface area (Å²) in [6, 6.07) is 13.9. The Bertz CT molecular complexity index is 962.